The SMILES string of the molecule is CCCCCCC/C=C\CCCCCCCC(=O)OCC(COC(=O)CCCCCCCCCCCCCCCCCCCCCCCC)OC(=O)CCCCCCCCC/C=C\CCCCCCCCC. The van der Waals surface area contributed by atoms with Gasteiger partial charge in [-0.3, -0.25) is 14.4 Å². The lowest BCUT2D eigenvalue weighted by molar-refractivity contribution is -0.167. The van der Waals surface area contributed by atoms with Crippen molar-refractivity contribution in [1.29, 1.82) is 0 Å². The maximum Gasteiger partial charge on any atom is 0.306 e. The summed E-state index contributed by atoms with van der Waals surface area (Å²) in [7, 11) is 0. The highest BCUT2D eigenvalue weighted by molar-refractivity contribution is 5.71. The third kappa shape index (κ3) is 58.8. The Balaban J connectivity index is 4.28. The average Bonchev–Trinajstić information content (AvgIpc) is 3.38. The number of hydrogen-bond donors (Lipinski definition) is 0. The molecule has 0 aliphatic carbocycles. The molecule has 0 rings (SSSR count). The van der Waals surface area contributed by atoms with E-state index >= 15 is 0 Å². The summed E-state index contributed by atoms with van der Waals surface area (Å²) in [5, 5.41) is 0. The van der Waals surface area contributed by atoms with Crippen LogP contribution in [0.1, 0.15) is 361 Å². The maximum absolute atomic E-state index is 12.9. The molecule has 0 fully saturated rings. The molecule has 1 atom stereocenters. The molecule has 0 aliphatic rings. The molecule has 0 amide bonds. The van der Waals surface area contributed by atoms with Crippen molar-refractivity contribution < 1.29 is 28.6 Å². The van der Waals surface area contributed by atoms with Crippen molar-refractivity contribution in [3.05, 3.63) is 24.3 Å². The van der Waals surface area contributed by atoms with Crippen LogP contribution >= 0.6 is 0 Å². The molecule has 0 spiro atoms. The Hall–Kier alpha value is -2.11. The van der Waals surface area contributed by atoms with Crippen LogP contribution in [0, 0.1) is 0 Å². The normalized spacial score (nSPS) is 12.1. The van der Waals surface area contributed by atoms with Crippen molar-refractivity contribution in [2.45, 2.75) is 367 Å². The highest BCUT2D eigenvalue weighted by atomic mass is 16.6. The van der Waals surface area contributed by atoms with E-state index in [0.29, 0.717) is 19.3 Å². The van der Waals surface area contributed by atoms with Gasteiger partial charge in [0.25, 0.3) is 0 Å². The molecule has 0 heterocycles. The summed E-state index contributed by atoms with van der Waals surface area (Å²) in [6.45, 7) is 6.69. The van der Waals surface area contributed by atoms with Crippen LogP contribution < -0.4 is 0 Å². The molecule has 0 saturated carbocycles. The minimum Gasteiger partial charge on any atom is -0.462 e. The quantitative estimate of drug-likeness (QED) is 0.0261. The van der Waals surface area contributed by atoms with Crippen LogP contribution in [0.3, 0.4) is 0 Å². The number of unbranched alkanes of at least 4 members (excludes halogenated alkanes) is 45. The minimum atomic E-state index is -0.774. The predicted octanol–water partition coefficient (Wildman–Crippen LogP) is 21.8. The number of carbonyl (C=O) groups is 3. The second-order valence-electron chi connectivity index (χ2n) is 22.0. The van der Waals surface area contributed by atoms with Crippen LogP contribution in [0.4, 0.5) is 0 Å². The Bertz CT molecular complexity index is 1160. The summed E-state index contributed by atoms with van der Waals surface area (Å²) in [4.78, 5) is 38.3. The maximum atomic E-state index is 12.9. The molecule has 0 saturated heterocycles. The third-order valence-corrected chi connectivity index (χ3v) is 14.7. The summed E-state index contributed by atoms with van der Waals surface area (Å²) in [6, 6.07) is 0. The van der Waals surface area contributed by atoms with Crippen molar-refractivity contribution in [2.24, 2.45) is 0 Å². The number of allylic oxidation sites excluding steroid dienone is 4. The van der Waals surface area contributed by atoms with Crippen molar-refractivity contribution in [3.8, 4) is 0 Å². The Morgan fingerprint density at radius 1 is 0.264 bits per heavy atom. The number of hydrogen-bond acceptors (Lipinski definition) is 6. The number of ether oxygens (including phenoxy) is 3. The molecule has 0 aliphatic heterocycles. The highest BCUT2D eigenvalue weighted by Crippen LogP contribution is 2.18. The van der Waals surface area contributed by atoms with Gasteiger partial charge in [0, 0.05) is 19.3 Å². The molecule has 0 aromatic carbocycles. The first-order valence-electron chi connectivity index (χ1n) is 32.3. The Morgan fingerprint density at radius 2 is 0.458 bits per heavy atom. The molecule has 0 aromatic rings. The van der Waals surface area contributed by atoms with Crippen LogP contribution in [0.15, 0.2) is 24.3 Å². The lowest BCUT2D eigenvalue weighted by Gasteiger charge is -2.18. The van der Waals surface area contributed by atoms with Crippen LogP contribution in [-0.2, 0) is 28.6 Å². The molecule has 424 valence electrons. The zero-order chi connectivity index (χ0) is 52.2. The Morgan fingerprint density at radius 3 is 0.694 bits per heavy atom. The van der Waals surface area contributed by atoms with Gasteiger partial charge in [-0.2, -0.15) is 0 Å². The van der Waals surface area contributed by atoms with E-state index in [0.717, 1.165) is 64.2 Å². The van der Waals surface area contributed by atoms with Gasteiger partial charge < -0.3 is 14.2 Å². The third-order valence-electron chi connectivity index (χ3n) is 14.7. The summed E-state index contributed by atoms with van der Waals surface area (Å²) >= 11 is 0. The summed E-state index contributed by atoms with van der Waals surface area (Å²) in [5.41, 5.74) is 0. The van der Waals surface area contributed by atoms with Gasteiger partial charge in [-0.15, -0.1) is 0 Å². The van der Waals surface area contributed by atoms with Gasteiger partial charge in [-0.25, -0.2) is 0 Å². The molecule has 0 radical (unpaired) electrons. The molecule has 1 unspecified atom stereocenters. The fourth-order valence-corrected chi connectivity index (χ4v) is 9.79. The van der Waals surface area contributed by atoms with E-state index in [9.17, 15) is 14.4 Å². The molecular weight excluding hydrogens is 889 g/mol. The van der Waals surface area contributed by atoms with Gasteiger partial charge >= 0.3 is 17.9 Å². The van der Waals surface area contributed by atoms with E-state index in [2.05, 4.69) is 45.1 Å². The van der Waals surface area contributed by atoms with Gasteiger partial charge in [-0.05, 0) is 70.6 Å². The summed E-state index contributed by atoms with van der Waals surface area (Å²) < 4.78 is 16.9. The van der Waals surface area contributed by atoms with Crippen LogP contribution in [-0.4, -0.2) is 37.2 Å². The van der Waals surface area contributed by atoms with Crippen LogP contribution in [0.25, 0.3) is 0 Å². The van der Waals surface area contributed by atoms with E-state index in [-0.39, 0.29) is 31.1 Å². The highest BCUT2D eigenvalue weighted by Gasteiger charge is 2.19. The monoisotopic (exact) mass is 1010 g/mol. The molecular formula is C66H124O6. The van der Waals surface area contributed by atoms with E-state index in [1.807, 2.05) is 0 Å². The summed E-state index contributed by atoms with van der Waals surface area (Å²) in [5.74, 6) is -0.858. The zero-order valence-electron chi connectivity index (χ0n) is 48.7. The molecule has 0 bridgehead atoms. The Labute approximate surface area is 449 Å². The van der Waals surface area contributed by atoms with Gasteiger partial charge in [0.2, 0.25) is 0 Å². The first-order chi connectivity index (χ1) is 35.5. The van der Waals surface area contributed by atoms with Crippen molar-refractivity contribution in [1.82, 2.24) is 0 Å². The van der Waals surface area contributed by atoms with E-state index < -0.39 is 6.10 Å². The molecule has 6 heteroatoms. The first-order valence-corrected chi connectivity index (χ1v) is 32.3. The molecule has 0 aromatic heterocycles. The second-order valence-corrected chi connectivity index (χ2v) is 22.0. The lowest BCUT2D eigenvalue weighted by atomic mass is 10.0. The van der Waals surface area contributed by atoms with Gasteiger partial charge in [0.15, 0.2) is 6.10 Å². The lowest BCUT2D eigenvalue weighted by Crippen LogP contribution is -2.30. The zero-order valence-corrected chi connectivity index (χ0v) is 48.7. The van der Waals surface area contributed by atoms with E-state index in [1.165, 1.54) is 257 Å². The standard InChI is InChI=1S/C66H124O6/c1-4-7-10-13-16-19-22-25-28-30-32-33-34-35-37-38-41-44-47-50-53-56-59-65(68)71-62-63(61-70-64(67)58-55-52-49-46-43-40-27-24-21-18-15-12-9-6-3)72-66(69)60-57-54-51-48-45-42-39-36-31-29-26-23-20-17-14-11-8-5-2/h24,27,29,31,63H,4-23,25-26,28,30,32-62H2,1-3H3/b27-24-,31-29-. The van der Waals surface area contributed by atoms with Crippen molar-refractivity contribution in [2.75, 3.05) is 13.2 Å². The van der Waals surface area contributed by atoms with Crippen molar-refractivity contribution in [3.63, 3.8) is 0 Å². The number of esters is 3. The smallest absolute Gasteiger partial charge is 0.306 e. The van der Waals surface area contributed by atoms with Crippen molar-refractivity contribution >= 4 is 17.9 Å². The molecule has 6 nitrogen and oxygen atoms in total. The minimum absolute atomic E-state index is 0.0707. The van der Waals surface area contributed by atoms with E-state index in [4.69, 9.17) is 14.2 Å². The number of rotatable bonds is 60. The fraction of sp³-hybridized carbons (Fsp3) is 0.894. The fourth-order valence-electron chi connectivity index (χ4n) is 9.79. The van der Waals surface area contributed by atoms with Crippen LogP contribution in [0.2, 0.25) is 0 Å². The topological polar surface area (TPSA) is 78.9 Å². The number of carbonyl (C=O) groups excluding carboxylic acids is 3. The largest absolute Gasteiger partial charge is 0.462 e. The van der Waals surface area contributed by atoms with Gasteiger partial charge in [0.1, 0.15) is 13.2 Å². The van der Waals surface area contributed by atoms with Gasteiger partial charge in [0.05, 0.1) is 0 Å². The molecule has 0 N–H and O–H groups in total. The van der Waals surface area contributed by atoms with Gasteiger partial charge in [-0.1, -0.05) is 295 Å². The molecule has 72 heavy (non-hydrogen) atoms. The summed E-state index contributed by atoms with van der Waals surface area (Å²) in [6.07, 6.45) is 73.3. The average molecular weight is 1010 g/mol. The Kier molecular flexibility index (Phi) is 59.6. The predicted molar refractivity (Wildman–Crippen MR) is 312 cm³/mol. The second kappa shape index (κ2) is 61.4. The van der Waals surface area contributed by atoms with E-state index in [1.54, 1.807) is 0 Å². The first kappa shape index (κ1) is 69.9. The van der Waals surface area contributed by atoms with Crippen LogP contribution in [0.5, 0.6) is 0 Å².